The molecule has 1 aliphatic heterocycles. The van der Waals surface area contributed by atoms with E-state index in [1.54, 1.807) is 0 Å². The SMILES string of the molecule is CSC1CCN(CC2(CBr)CCCCCC2)CC1. The van der Waals surface area contributed by atoms with Gasteiger partial charge in [0.25, 0.3) is 0 Å². The van der Waals surface area contributed by atoms with Crippen molar-refractivity contribution in [2.24, 2.45) is 5.41 Å². The van der Waals surface area contributed by atoms with Crippen molar-refractivity contribution in [3.05, 3.63) is 0 Å². The molecular weight excluding hydrogens is 306 g/mol. The highest BCUT2D eigenvalue weighted by molar-refractivity contribution is 9.09. The first-order valence-electron chi connectivity index (χ1n) is 7.59. The summed E-state index contributed by atoms with van der Waals surface area (Å²) in [6, 6.07) is 0. The molecule has 1 heterocycles. The van der Waals surface area contributed by atoms with Gasteiger partial charge in [-0.25, -0.2) is 0 Å². The smallest absolute Gasteiger partial charge is 0.0100 e. The van der Waals surface area contributed by atoms with E-state index in [0.29, 0.717) is 5.41 Å². The summed E-state index contributed by atoms with van der Waals surface area (Å²) in [5.74, 6) is 0. The maximum absolute atomic E-state index is 3.82. The van der Waals surface area contributed by atoms with Crippen molar-refractivity contribution >= 4 is 27.7 Å². The summed E-state index contributed by atoms with van der Waals surface area (Å²) in [6.45, 7) is 4.01. The van der Waals surface area contributed by atoms with Gasteiger partial charge in [-0.3, -0.25) is 0 Å². The topological polar surface area (TPSA) is 3.24 Å². The Morgan fingerprint density at radius 2 is 1.72 bits per heavy atom. The van der Waals surface area contributed by atoms with E-state index < -0.39 is 0 Å². The third kappa shape index (κ3) is 4.14. The van der Waals surface area contributed by atoms with Crippen LogP contribution in [0.25, 0.3) is 0 Å². The Labute approximate surface area is 126 Å². The second-order valence-electron chi connectivity index (χ2n) is 6.26. The van der Waals surface area contributed by atoms with Gasteiger partial charge in [0.2, 0.25) is 0 Å². The molecule has 1 aliphatic carbocycles. The normalized spacial score (nSPS) is 27.0. The summed E-state index contributed by atoms with van der Waals surface area (Å²) in [5, 5.41) is 2.14. The number of hydrogen-bond acceptors (Lipinski definition) is 2. The van der Waals surface area contributed by atoms with Gasteiger partial charge in [0.15, 0.2) is 0 Å². The van der Waals surface area contributed by atoms with Gasteiger partial charge >= 0.3 is 0 Å². The van der Waals surface area contributed by atoms with Crippen LogP contribution in [0.1, 0.15) is 51.4 Å². The van der Waals surface area contributed by atoms with E-state index in [4.69, 9.17) is 0 Å². The molecule has 1 nitrogen and oxygen atoms in total. The van der Waals surface area contributed by atoms with E-state index in [9.17, 15) is 0 Å². The fraction of sp³-hybridized carbons (Fsp3) is 1.00. The zero-order valence-corrected chi connectivity index (χ0v) is 14.2. The molecule has 0 bridgehead atoms. The lowest BCUT2D eigenvalue weighted by molar-refractivity contribution is 0.133. The first-order chi connectivity index (χ1) is 8.78. The highest BCUT2D eigenvalue weighted by Gasteiger charge is 2.33. The number of piperidine rings is 1. The monoisotopic (exact) mass is 333 g/mol. The summed E-state index contributed by atoms with van der Waals surface area (Å²) in [5.41, 5.74) is 0.586. The minimum Gasteiger partial charge on any atom is -0.303 e. The molecule has 18 heavy (non-hydrogen) atoms. The van der Waals surface area contributed by atoms with Gasteiger partial charge in [-0.2, -0.15) is 11.8 Å². The third-order valence-electron chi connectivity index (χ3n) is 4.87. The number of halogens is 1. The Kier molecular flexibility index (Phi) is 6.36. The molecule has 0 unspecified atom stereocenters. The van der Waals surface area contributed by atoms with Gasteiger partial charge in [-0.05, 0) is 50.4 Å². The van der Waals surface area contributed by atoms with Crippen molar-refractivity contribution in [2.75, 3.05) is 31.2 Å². The van der Waals surface area contributed by atoms with E-state index in [-0.39, 0.29) is 0 Å². The van der Waals surface area contributed by atoms with Gasteiger partial charge in [-0.1, -0.05) is 41.6 Å². The van der Waals surface area contributed by atoms with E-state index in [1.807, 2.05) is 0 Å². The standard InChI is InChI=1S/C15H28BrNS/c1-18-14-6-10-17(11-7-14)13-15(12-16)8-4-2-3-5-9-15/h14H,2-13H2,1H3. The molecule has 106 valence electrons. The number of rotatable bonds is 4. The molecule has 3 heteroatoms. The average molecular weight is 334 g/mol. The maximum atomic E-state index is 3.82. The predicted octanol–water partition coefficient (Wildman–Crippen LogP) is 4.55. The number of alkyl halides is 1. The molecule has 0 radical (unpaired) electrons. The van der Waals surface area contributed by atoms with Crippen LogP contribution >= 0.6 is 27.7 Å². The summed E-state index contributed by atoms with van der Waals surface area (Å²) >= 11 is 5.89. The molecule has 0 amide bonds. The van der Waals surface area contributed by atoms with Gasteiger partial charge in [0.05, 0.1) is 0 Å². The molecule has 0 N–H and O–H groups in total. The number of nitrogens with zero attached hydrogens (tertiary/aromatic N) is 1. The Morgan fingerprint density at radius 3 is 2.22 bits per heavy atom. The van der Waals surface area contributed by atoms with Crippen LogP contribution in [0.4, 0.5) is 0 Å². The molecule has 2 rings (SSSR count). The second-order valence-corrected chi connectivity index (χ2v) is 7.96. The lowest BCUT2D eigenvalue weighted by Crippen LogP contribution is -2.43. The number of likely N-dealkylation sites (tertiary alicyclic amines) is 1. The Bertz CT molecular complexity index is 231. The van der Waals surface area contributed by atoms with Crippen molar-refractivity contribution < 1.29 is 0 Å². The summed E-state index contributed by atoms with van der Waals surface area (Å²) in [6.07, 6.45) is 13.8. The summed E-state index contributed by atoms with van der Waals surface area (Å²) < 4.78 is 0. The highest BCUT2D eigenvalue weighted by Crippen LogP contribution is 2.38. The zero-order chi connectivity index (χ0) is 12.8. The van der Waals surface area contributed by atoms with Gasteiger partial charge in [0, 0.05) is 17.1 Å². The van der Waals surface area contributed by atoms with E-state index in [1.165, 1.54) is 76.3 Å². The lowest BCUT2D eigenvalue weighted by Gasteiger charge is -2.40. The number of hydrogen-bond donors (Lipinski definition) is 0. The first kappa shape index (κ1) is 15.2. The fourth-order valence-corrected chi connectivity index (χ4v) is 5.01. The van der Waals surface area contributed by atoms with Crippen molar-refractivity contribution in [3.63, 3.8) is 0 Å². The van der Waals surface area contributed by atoms with Crippen LogP contribution in [0.3, 0.4) is 0 Å². The van der Waals surface area contributed by atoms with Crippen molar-refractivity contribution in [1.82, 2.24) is 4.90 Å². The van der Waals surface area contributed by atoms with Crippen LogP contribution in [0.2, 0.25) is 0 Å². The molecule has 2 fully saturated rings. The second kappa shape index (κ2) is 7.54. The zero-order valence-electron chi connectivity index (χ0n) is 11.8. The molecule has 0 aromatic rings. The molecule has 0 spiro atoms. The van der Waals surface area contributed by atoms with Crippen LogP contribution in [0.5, 0.6) is 0 Å². The molecular formula is C15H28BrNS. The Balaban J connectivity index is 1.85. The van der Waals surface area contributed by atoms with Crippen molar-refractivity contribution in [2.45, 2.75) is 56.6 Å². The Hall–Kier alpha value is 0.790. The minimum absolute atomic E-state index is 0.586. The molecule has 0 aromatic heterocycles. The van der Waals surface area contributed by atoms with Crippen LogP contribution < -0.4 is 0 Å². The van der Waals surface area contributed by atoms with Crippen LogP contribution in [0, 0.1) is 5.41 Å². The van der Waals surface area contributed by atoms with E-state index in [2.05, 4.69) is 38.8 Å². The van der Waals surface area contributed by atoms with E-state index in [0.717, 1.165) is 5.25 Å². The maximum Gasteiger partial charge on any atom is 0.0100 e. The van der Waals surface area contributed by atoms with Gasteiger partial charge in [-0.15, -0.1) is 0 Å². The lowest BCUT2D eigenvalue weighted by atomic mass is 9.81. The molecule has 2 aliphatic rings. The van der Waals surface area contributed by atoms with E-state index >= 15 is 0 Å². The predicted molar refractivity (Wildman–Crippen MR) is 86.9 cm³/mol. The first-order valence-corrected chi connectivity index (χ1v) is 10.00. The van der Waals surface area contributed by atoms with Gasteiger partial charge in [0.1, 0.15) is 0 Å². The molecule has 0 atom stereocenters. The molecule has 1 saturated carbocycles. The van der Waals surface area contributed by atoms with Gasteiger partial charge < -0.3 is 4.90 Å². The van der Waals surface area contributed by atoms with Crippen molar-refractivity contribution in [1.29, 1.82) is 0 Å². The third-order valence-corrected chi connectivity index (χ3v) is 7.20. The minimum atomic E-state index is 0.586. The van der Waals surface area contributed by atoms with Crippen LogP contribution in [0.15, 0.2) is 0 Å². The fourth-order valence-electron chi connectivity index (χ4n) is 3.59. The quantitative estimate of drug-likeness (QED) is 0.548. The Morgan fingerprint density at radius 1 is 1.11 bits per heavy atom. The molecule has 1 saturated heterocycles. The largest absolute Gasteiger partial charge is 0.303 e. The number of thioether (sulfide) groups is 1. The summed E-state index contributed by atoms with van der Waals surface area (Å²) in [4.78, 5) is 2.75. The average Bonchev–Trinajstić information content (AvgIpc) is 2.66. The van der Waals surface area contributed by atoms with Crippen LogP contribution in [-0.4, -0.2) is 41.4 Å². The highest BCUT2D eigenvalue weighted by atomic mass is 79.9. The summed E-state index contributed by atoms with van der Waals surface area (Å²) in [7, 11) is 0. The van der Waals surface area contributed by atoms with Crippen molar-refractivity contribution in [3.8, 4) is 0 Å². The molecule has 0 aromatic carbocycles. The van der Waals surface area contributed by atoms with Crippen LogP contribution in [-0.2, 0) is 0 Å².